The first-order chi connectivity index (χ1) is 19.3. The molecule has 0 saturated carbocycles. The summed E-state index contributed by atoms with van der Waals surface area (Å²) in [5, 5.41) is 12.4. The van der Waals surface area contributed by atoms with E-state index in [2.05, 4.69) is 64.0 Å². The predicted octanol–water partition coefficient (Wildman–Crippen LogP) is 6.32. The van der Waals surface area contributed by atoms with Gasteiger partial charge >= 0.3 is 0 Å². The molecule has 194 valence electrons. The molecule has 1 atom stereocenters. The fourth-order valence-electron chi connectivity index (χ4n) is 5.63. The van der Waals surface area contributed by atoms with E-state index in [-0.39, 0.29) is 17.9 Å². The number of hydrogen-bond donors (Lipinski definition) is 1. The number of nitrogens with one attached hydrogen (secondary N) is 1. The number of para-hydroxylation sites is 2. The van der Waals surface area contributed by atoms with Gasteiger partial charge in [-0.2, -0.15) is 0 Å². The fourth-order valence-corrected chi connectivity index (χ4v) is 5.63. The molecule has 0 bridgehead atoms. The van der Waals surface area contributed by atoms with Crippen molar-refractivity contribution in [1.82, 2.24) is 19.7 Å². The molecule has 0 radical (unpaired) electrons. The predicted molar refractivity (Wildman–Crippen MR) is 154 cm³/mol. The van der Waals surface area contributed by atoms with Crippen molar-refractivity contribution >= 4 is 11.6 Å². The minimum atomic E-state index is -0.0864. The molecule has 1 saturated heterocycles. The normalized spacial score (nSPS) is 15.0. The van der Waals surface area contributed by atoms with E-state index in [9.17, 15) is 4.79 Å². The van der Waals surface area contributed by atoms with Gasteiger partial charge in [0.1, 0.15) is 0 Å². The number of benzene rings is 4. The second-order valence-electron chi connectivity index (χ2n) is 9.84. The quantitative estimate of drug-likeness (QED) is 0.264. The number of anilines is 1. The van der Waals surface area contributed by atoms with E-state index in [1.807, 2.05) is 82.3 Å². The lowest BCUT2D eigenvalue weighted by Crippen LogP contribution is -2.40. The van der Waals surface area contributed by atoms with Gasteiger partial charge in [-0.1, -0.05) is 97.1 Å². The molecule has 5 aromatic rings. The zero-order chi connectivity index (χ0) is 26.4. The molecule has 1 aliphatic rings. The van der Waals surface area contributed by atoms with Crippen molar-refractivity contribution in [3.8, 4) is 5.69 Å². The van der Waals surface area contributed by atoms with E-state index in [1.54, 1.807) is 0 Å². The first-order valence-corrected chi connectivity index (χ1v) is 13.5. The number of amides is 1. The van der Waals surface area contributed by atoms with Crippen LogP contribution in [-0.4, -0.2) is 38.2 Å². The highest BCUT2D eigenvalue weighted by Crippen LogP contribution is 2.37. The summed E-state index contributed by atoms with van der Waals surface area (Å²) in [6.45, 7) is 1.14. The van der Waals surface area contributed by atoms with E-state index in [1.165, 1.54) is 11.1 Å². The molecule has 1 N–H and O–H groups in total. The summed E-state index contributed by atoms with van der Waals surface area (Å²) < 4.78 is 1.90. The number of hydrogen-bond acceptors (Lipinski definition) is 4. The molecule has 6 heteroatoms. The molecule has 1 fully saturated rings. The van der Waals surface area contributed by atoms with E-state index in [0.717, 1.165) is 24.2 Å². The molecule has 1 amide bonds. The smallest absolute Gasteiger partial charge is 0.292 e. The van der Waals surface area contributed by atoms with Crippen LogP contribution >= 0.6 is 0 Å². The van der Waals surface area contributed by atoms with Crippen molar-refractivity contribution in [1.29, 1.82) is 0 Å². The summed E-state index contributed by atoms with van der Waals surface area (Å²) in [4.78, 5) is 16.3. The van der Waals surface area contributed by atoms with Crippen LogP contribution in [0.3, 0.4) is 0 Å². The summed E-state index contributed by atoms with van der Waals surface area (Å²) in [7, 11) is 0. The summed E-state index contributed by atoms with van der Waals surface area (Å²) >= 11 is 0. The lowest BCUT2D eigenvalue weighted by molar-refractivity contribution is 0.0710. The average molecular weight is 514 g/mol. The Morgan fingerprint density at radius 1 is 0.769 bits per heavy atom. The second-order valence-corrected chi connectivity index (χ2v) is 9.84. The summed E-state index contributed by atoms with van der Waals surface area (Å²) in [5.41, 5.74) is 4.28. The van der Waals surface area contributed by atoms with Crippen molar-refractivity contribution in [3.05, 3.63) is 144 Å². The maximum absolute atomic E-state index is 14.3. The molecule has 6 nitrogen and oxygen atoms in total. The average Bonchev–Trinajstić information content (AvgIpc) is 3.66. The van der Waals surface area contributed by atoms with E-state index >= 15 is 0 Å². The van der Waals surface area contributed by atoms with Gasteiger partial charge in [0.25, 0.3) is 5.91 Å². The monoisotopic (exact) mass is 513 g/mol. The van der Waals surface area contributed by atoms with Gasteiger partial charge in [0, 0.05) is 29.9 Å². The molecule has 39 heavy (non-hydrogen) atoms. The summed E-state index contributed by atoms with van der Waals surface area (Å²) in [6.07, 6.45) is 1.89. The summed E-state index contributed by atoms with van der Waals surface area (Å²) in [6, 6.07) is 40.9. The molecular weight excluding hydrogens is 482 g/mol. The number of likely N-dealkylation sites (tertiary alicyclic amines) is 1. The molecule has 0 aliphatic carbocycles. The molecule has 2 heterocycles. The molecule has 0 unspecified atom stereocenters. The van der Waals surface area contributed by atoms with E-state index in [0.29, 0.717) is 24.7 Å². The van der Waals surface area contributed by atoms with Crippen LogP contribution in [0.25, 0.3) is 5.69 Å². The van der Waals surface area contributed by atoms with E-state index < -0.39 is 0 Å². The highest BCUT2D eigenvalue weighted by molar-refractivity contribution is 5.92. The lowest BCUT2D eigenvalue weighted by Gasteiger charge is -2.32. The zero-order valence-corrected chi connectivity index (χ0v) is 21.7. The van der Waals surface area contributed by atoms with Gasteiger partial charge in [-0.15, -0.1) is 10.2 Å². The van der Waals surface area contributed by atoms with Gasteiger partial charge in [-0.3, -0.25) is 9.36 Å². The second kappa shape index (κ2) is 11.4. The Balaban J connectivity index is 1.36. The van der Waals surface area contributed by atoms with Crippen molar-refractivity contribution in [2.75, 3.05) is 11.9 Å². The minimum absolute atomic E-state index is 0.0223. The molecule has 1 aliphatic heterocycles. The van der Waals surface area contributed by atoms with Crippen LogP contribution in [-0.2, 0) is 6.54 Å². The van der Waals surface area contributed by atoms with Crippen molar-refractivity contribution in [2.24, 2.45) is 0 Å². The van der Waals surface area contributed by atoms with Gasteiger partial charge in [0.15, 0.2) is 5.82 Å². The number of carbonyl (C=O) groups excluding carboxylic acids is 1. The highest BCUT2D eigenvalue weighted by Gasteiger charge is 2.38. The Morgan fingerprint density at radius 3 is 1.95 bits per heavy atom. The maximum Gasteiger partial charge on any atom is 0.292 e. The van der Waals surface area contributed by atoms with Crippen molar-refractivity contribution in [3.63, 3.8) is 0 Å². The third-order valence-electron chi connectivity index (χ3n) is 7.42. The Bertz CT molecular complexity index is 1460. The topological polar surface area (TPSA) is 63.1 Å². The van der Waals surface area contributed by atoms with Gasteiger partial charge < -0.3 is 10.2 Å². The highest BCUT2D eigenvalue weighted by atomic mass is 16.2. The first kappa shape index (κ1) is 24.6. The van der Waals surface area contributed by atoms with Gasteiger partial charge in [-0.05, 0) is 48.2 Å². The SMILES string of the molecule is O=C(c1nnc(CNc2ccccc2)n1-c1ccccc1)N1CCC[C@@H]1C(c1ccccc1)c1ccccc1. The zero-order valence-electron chi connectivity index (χ0n) is 21.7. The minimum Gasteiger partial charge on any atom is -0.378 e. The lowest BCUT2D eigenvalue weighted by atomic mass is 9.84. The number of rotatable bonds is 8. The van der Waals surface area contributed by atoms with Crippen molar-refractivity contribution in [2.45, 2.75) is 31.3 Å². The molecule has 0 spiro atoms. The molecule has 6 rings (SSSR count). The third kappa shape index (κ3) is 5.18. The summed E-state index contributed by atoms with van der Waals surface area (Å²) in [5.74, 6) is 1.02. The van der Waals surface area contributed by atoms with E-state index in [4.69, 9.17) is 0 Å². The molecule has 4 aromatic carbocycles. The van der Waals surface area contributed by atoms with Crippen LogP contribution < -0.4 is 5.32 Å². The Hall–Kier alpha value is -4.71. The Labute approximate surface area is 229 Å². The maximum atomic E-state index is 14.3. The van der Waals surface area contributed by atoms with Crippen LogP contribution in [0, 0.1) is 0 Å². The van der Waals surface area contributed by atoms with Crippen LogP contribution in [0.2, 0.25) is 0 Å². The number of nitrogens with zero attached hydrogens (tertiary/aromatic N) is 4. The Morgan fingerprint density at radius 2 is 1.33 bits per heavy atom. The third-order valence-corrected chi connectivity index (χ3v) is 7.42. The fraction of sp³-hybridized carbons (Fsp3) is 0.182. The largest absolute Gasteiger partial charge is 0.378 e. The molecule has 1 aromatic heterocycles. The van der Waals surface area contributed by atoms with Gasteiger partial charge in [0.05, 0.1) is 6.54 Å². The van der Waals surface area contributed by atoms with Crippen LogP contribution in [0.15, 0.2) is 121 Å². The van der Waals surface area contributed by atoms with Crippen LogP contribution in [0.5, 0.6) is 0 Å². The van der Waals surface area contributed by atoms with Gasteiger partial charge in [0.2, 0.25) is 5.82 Å². The first-order valence-electron chi connectivity index (χ1n) is 13.5. The van der Waals surface area contributed by atoms with Crippen molar-refractivity contribution < 1.29 is 4.79 Å². The van der Waals surface area contributed by atoms with Crippen LogP contribution in [0.4, 0.5) is 5.69 Å². The molecular formula is C33H31N5O. The van der Waals surface area contributed by atoms with Gasteiger partial charge in [-0.25, -0.2) is 0 Å². The number of aromatic nitrogens is 3. The number of carbonyl (C=O) groups is 1. The van der Waals surface area contributed by atoms with Crippen LogP contribution in [0.1, 0.15) is 46.3 Å². The standard InChI is InChI=1S/C33H31N5O/c39-33(37-23-13-22-29(37)31(25-14-5-1-6-15-25)26-16-7-2-8-17-26)32-36-35-30(24-34-27-18-9-3-10-19-27)38(32)28-20-11-4-12-21-28/h1-12,14-21,29,31,34H,13,22-24H2/t29-/m1/s1. The Kier molecular flexibility index (Phi) is 7.17.